The highest BCUT2D eigenvalue weighted by molar-refractivity contribution is 5.89. The summed E-state index contributed by atoms with van der Waals surface area (Å²) in [6, 6.07) is 11.3. The van der Waals surface area contributed by atoms with Crippen molar-refractivity contribution in [2.45, 2.75) is 51.7 Å². The second-order valence-corrected chi connectivity index (χ2v) is 8.92. The molecule has 0 bridgehead atoms. The Labute approximate surface area is 214 Å². The van der Waals surface area contributed by atoms with Gasteiger partial charge in [-0.15, -0.1) is 0 Å². The molecule has 4 rings (SSSR count). The Balaban J connectivity index is 0.000000414. The van der Waals surface area contributed by atoms with Gasteiger partial charge in [-0.3, -0.25) is 4.79 Å². The molecule has 0 aliphatic heterocycles. The molecule has 0 fully saturated rings. The fraction of sp³-hybridized carbons (Fsp3) is 0.321. The minimum atomic E-state index is -1.26. The Morgan fingerprint density at radius 3 is 2.08 bits per heavy atom. The molecule has 0 amide bonds. The number of benzene rings is 2. The number of rotatable bonds is 8. The summed E-state index contributed by atoms with van der Waals surface area (Å²) in [4.78, 5) is 33.3. The zero-order valence-corrected chi connectivity index (χ0v) is 20.8. The summed E-state index contributed by atoms with van der Waals surface area (Å²) in [7, 11) is 0. The maximum Gasteiger partial charge on any atom is 0.328 e. The number of aryl methyl sites for hydroxylation is 2. The van der Waals surface area contributed by atoms with Crippen LogP contribution in [0.5, 0.6) is 5.75 Å². The van der Waals surface area contributed by atoms with Crippen molar-refractivity contribution >= 4 is 22.8 Å². The summed E-state index contributed by atoms with van der Waals surface area (Å²) in [5, 5.41) is 40.6. The molecule has 9 nitrogen and oxygen atoms in total. The van der Waals surface area contributed by atoms with Gasteiger partial charge in [-0.25, -0.2) is 9.59 Å². The van der Waals surface area contributed by atoms with Gasteiger partial charge in [0.1, 0.15) is 5.75 Å². The molecule has 0 spiro atoms. The quantitative estimate of drug-likeness (QED) is 0.253. The van der Waals surface area contributed by atoms with Crippen molar-refractivity contribution in [1.82, 2.24) is 10.3 Å². The normalized spacial score (nSPS) is 13.8. The van der Waals surface area contributed by atoms with Crippen LogP contribution in [0.2, 0.25) is 0 Å². The standard InChI is InChI=1S/C24H28N2O3.C4H4O4/c1-3-14-9-16-11-18(12-17(16)10-15(14)4-2)25-13-22(28)19-5-7-21(27)24-20(19)6-8-23(29)26-24;5-3(6)1-2-4(7)8/h5-10,18,22,25,27-28H,3-4,11-13H2,1-2H3,(H,26,29);1-2H,(H,5,6)(H,7,8)/b;2-1+/t22-;/m1./s1. The van der Waals surface area contributed by atoms with Gasteiger partial charge in [0.25, 0.3) is 0 Å². The Morgan fingerprint density at radius 2 is 1.57 bits per heavy atom. The number of carboxylic acid groups (broad SMARTS) is 2. The van der Waals surface area contributed by atoms with Crippen LogP contribution in [0.3, 0.4) is 0 Å². The summed E-state index contributed by atoms with van der Waals surface area (Å²) < 4.78 is 0. The molecular formula is C28H32N2O7. The number of carboxylic acids is 2. The topological polar surface area (TPSA) is 160 Å². The molecule has 2 aromatic carbocycles. The zero-order valence-electron chi connectivity index (χ0n) is 20.8. The molecule has 1 aromatic heterocycles. The first-order chi connectivity index (χ1) is 17.6. The number of fused-ring (bicyclic) bond motifs is 2. The van der Waals surface area contributed by atoms with Crippen LogP contribution < -0.4 is 10.9 Å². The van der Waals surface area contributed by atoms with Crippen molar-refractivity contribution in [3.63, 3.8) is 0 Å². The molecule has 37 heavy (non-hydrogen) atoms. The van der Waals surface area contributed by atoms with Gasteiger partial charge in [0.2, 0.25) is 5.56 Å². The number of aromatic hydroxyl groups is 1. The summed E-state index contributed by atoms with van der Waals surface area (Å²) >= 11 is 0. The van der Waals surface area contributed by atoms with Gasteiger partial charge in [0.15, 0.2) is 0 Å². The predicted octanol–water partition coefficient (Wildman–Crippen LogP) is 2.86. The van der Waals surface area contributed by atoms with Crippen LogP contribution >= 0.6 is 0 Å². The largest absolute Gasteiger partial charge is 0.506 e. The van der Waals surface area contributed by atoms with E-state index in [1.54, 1.807) is 12.1 Å². The van der Waals surface area contributed by atoms with Gasteiger partial charge >= 0.3 is 11.9 Å². The van der Waals surface area contributed by atoms with Crippen LogP contribution in [0.25, 0.3) is 10.9 Å². The number of hydrogen-bond donors (Lipinski definition) is 6. The molecule has 0 radical (unpaired) electrons. The van der Waals surface area contributed by atoms with E-state index in [-0.39, 0.29) is 11.3 Å². The highest BCUT2D eigenvalue weighted by Crippen LogP contribution is 2.30. The van der Waals surface area contributed by atoms with E-state index in [9.17, 15) is 24.6 Å². The SMILES string of the molecule is CCc1cc2c(cc1CC)CC(NC[C@@H](O)c1ccc(O)c3[nH]c(=O)ccc13)C2.O=C(O)/C=C/C(=O)O. The second kappa shape index (κ2) is 12.3. The van der Waals surface area contributed by atoms with Crippen molar-refractivity contribution < 1.29 is 30.0 Å². The third-order valence-corrected chi connectivity index (χ3v) is 6.45. The summed E-state index contributed by atoms with van der Waals surface area (Å²) in [5.41, 5.74) is 6.49. The summed E-state index contributed by atoms with van der Waals surface area (Å²) in [5.74, 6) is -2.51. The monoisotopic (exact) mass is 508 g/mol. The van der Waals surface area contributed by atoms with Crippen LogP contribution in [0.15, 0.2) is 53.3 Å². The zero-order chi connectivity index (χ0) is 27.1. The molecule has 3 aromatic rings. The van der Waals surface area contributed by atoms with Crippen LogP contribution in [0.1, 0.15) is 47.8 Å². The molecular weight excluding hydrogens is 476 g/mol. The average Bonchev–Trinajstić information content (AvgIpc) is 3.27. The van der Waals surface area contributed by atoms with Crippen LogP contribution in [0, 0.1) is 0 Å². The highest BCUT2D eigenvalue weighted by Gasteiger charge is 2.24. The predicted molar refractivity (Wildman–Crippen MR) is 140 cm³/mol. The number of phenols is 1. The van der Waals surface area contributed by atoms with Gasteiger partial charge in [-0.1, -0.05) is 32.0 Å². The molecule has 0 saturated heterocycles. The Morgan fingerprint density at radius 1 is 1.00 bits per heavy atom. The van der Waals surface area contributed by atoms with E-state index in [1.165, 1.54) is 34.4 Å². The lowest BCUT2D eigenvalue weighted by Crippen LogP contribution is -2.33. The Hall–Kier alpha value is -3.95. The smallest absolute Gasteiger partial charge is 0.328 e. The number of aromatic nitrogens is 1. The lowest BCUT2D eigenvalue weighted by atomic mass is 9.97. The number of phenolic OH excluding ortho intramolecular Hbond substituents is 1. The van der Waals surface area contributed by atoms with Crippen molar-refractivity contribution in [3.8, 4) is 5.75 Å². The van der Waals surface area contributed by atoms with Crippen LogP contribution in [-0.2, 0) is 35.3 Å². The first-order valence-electron chi connectivity index (χ1n) is 12.2. The molecule has 0 unspecified atom stereocenters. The molecule has 196 valence electrons. The molecule has 1 atom stereocenters. The van der Waals surface area contributed by atoms with E-state index in [4.69, 9.17) is 10.2 Å². The molecule has 1 heterocycles. The van der Waals surface area contributed by atoms with E-state index in [1.807, 2.05) is 0 Å². The minimum absolute atomic E-state index is 0.00584. The lowest BCUT2D eigenvalue weighted by molar-refractivity contribution is -0.134. The minimum Gasteiger partial charge on any atom is -0.506 e. The molecule has 0 saturated carbocycles. The number of pyridine rings is 1. The number of aromatic amines is 1. The van der Waals surface area contributed by atoms with Crippen LogP contribution in [0.4, 0.5) is 0 Å². The average molecular weight is 509 g/mol. The van der Waals surface area contributed by atoms with E-state index < -0.39 is 18.0 Å². The fourth-order valence-electron chi connectivity index (χ4n) is 4.66. The summed E-state index contributed by atoms with van der Waals surface area (Å²) in [6.07, 6.45) is 4.45. The van der Waals surface area contributed by atoms with Gasteiger partial charge in [0.05, 0.1) is 11.6 Å². The molecule has 9 heteroatoms. The van der Waals surface area contributed by atoms with Crippen molar-refractivity contribution in [2.75, 3.05) is 6.54 Å². The number of aliphatic carboxylic acids is 2. The first-order valence-corrected chi connectivity index (χ1v) is 12.2. The third-order valence-electron chi connectivity index (χ3n) is 6.45. The first kappa shape index (κ1) is 27.6. The van der Waals surface area contributed by atoms with E-state index in [2.05, 4.69) is 36.3 Å². The van der Waals surface area contributed by atoms with Crippen molar-refractivity contribution in [1.29, 1.82) is 0 Å². The molecule has 1 aliphatic rings. The van der Waals surface area contributed by atoms with Gasteiger partial charge in [0, 0.05) is 36.2 Å². The van der Waals surface area contributed by atoms with Crippen molar-refractivity contribution in [2.24, 2.45) is 0 Å². The summed E-state index contributed by atoms with van der Waals surface area (Å²) in [6.45, 7) is 4.83. The number of H-pyrrole nitrogens is 1. The number of aliphatic hydroxyl groups is 1. The second-order valence-electron chi connectivity index (χ2n) is 8.92. The number of aliphatic hydroxyl groups excluding tert-OH is 1. The van der Waals surface area contributed by atoms with E-state index in [0.29, 0.717) is 41.2 Å². The van der Waals surface area contributed by atoms with Crippen LogP contribution in [-0.4, -0.2) is 49.9 Å². The van der Waals surface area contributed by atoms with Gasteiger partial charge in [-0.2, -0.15) is 0 Å². The Bertz CT molecular complexity index is 1330. The molecule has 6 N–H and O–H groups in total. The maximum atomic E-state index is 11.6. The number of nitrogens with one attached hydrogen (secondary N) is 2. The lowest BCUT2D eigenvalue weighted by Gasteiger charge is -2.18. The Kier molecular flexibility index (Phi) is 9.21. The number of hydrogen-bond acceptors (Lipinski definition) is 6. The van der Waals surface area contributed by atoms with Crippen molar-refractivity contribution in [3.05, 3.63) is 86.7 Å². The van der Waals surface area contributed by atoms with Gasteiger partial charge < -0.3 is 30.7 Å². The third kappa shape index (κ3) is 7.05. The van der Waals surface area contributed by atoms with E-state index >= 15 is 0 Å². The highest BCUT2D eigenvalue weighted by atomic mass is 16.4. The van der Waals surface area contributed by atoms with E-state index in [0.717, 1.165) is 25.7 Å². The maximum absolute atomic E-state index is 11.6. The van der Waals surface area contributed by atoms with Gasteiger partial charge in [-0.05, 0) is 65.6 Å². The molecule has 1 aliphatic carbocycles. The number of carbonyl (C=O) groups is 2. The fourth-order valence-corrected chi connectivity index (χ4v) is 4.66.